The maximum Gasteiger partial charge on any atom is 0.425 e. The van der Waals surface area contributed by atoms with Gasteiger partial charge in [0.2, 0.25) is 0 Å². The Morgan fingerprint density at radius 2 is 0.594 bits per heavy atom. The number of aromatic amines is 2. The molecule has 0 fully saturated rings. The van der Waals surface area contributed by atoms with E-state index in [-0.39, 0.29) is 9.79 Å². The second-order valence-corrected chi connectivity index (χ2v) is 17.3. The molecular weight excluding hydrogens is 905 g/mol. The molecule has 0 radical (unpaired) electrons. The molecule has 0 amide bonds. The summed E-state index contributed by atoms with van der Waals surface area (Å²) in [4.78, 5) is 17.2. The zero-order valence-electron chi connectivity index (χ0n) is 32.5. The van der Waals surface area contributed by atoms with Crippen LogP contribution in [0.25, 0.3) is 90.9 Å². The van der Waals surface area contributed by atoms with Gasteiger partial charge < -0.3 is 9.97 Å². The molecule has 0 aliphatic carbocycles. The van der Waals surface area contributed by atoms with Gasteiger partial charge in [-0.1, -0.05) is 84.9 Å². The van der Waals surface area contributed by atoms with Crippen molar-refractivity contribution in [3.8, 4) is 44.5 Å². The van der Waals surface area contributed by atoms with Gasteiger partial charge in [0.25, 0.3) is 20.2 Å². The molecule has 4 N–H and O–H groups in total. The van der Waals surface area contributed by atoms with E-state index in [1.165, 1.54) is 24.3 Å². The second-order valence-electron chi connectivity index (χ2n) is 13.6. The molecule has 2 aliphatic rings. The molecule has 0 saturated heterocycles. The summed E-state index contributed by atoms with van der Waals surface area (Å²) in [7, 11) is -15.1. The Morgan fingerprint density at radius 3 is 0.828 bits per heavy atom. The quantitative estimate of drug-likeness (QED) is 0.116. The van der Waals surface area contributed by atoms with Gasteiger partial charge in [0.1, 0.15) is 0 Å². The van der Waals surface area contributed by atoms with E-state index in [1.807, 2.05) is 109 Å². The molecule has 0 spiro atoms. The van der Waals surface area contributed by atoms with E-state index in [1.54, 1.807) is 24.3 Å². The molecule has 7 aromatic rings. The Bertz CT molecular complexity index is 3400. The minimum absolute atomic E-state index is 0.241. The van der Waals surface area contributed by atoms with Gasteiger partial charge in [-0.25, -0.2) is 9.97 Å². The molecule has 20 heteroatoms. The Kier molecular flexibility index (Phi) is 12.9. The van der Waals surface area contributed by atoms with Crippen molar-refractivity contribution in [2.45, 2.75) is 9.79 Å². The van der Waals surface area contributed by atoms with Crippen LogP contribution in [0.4, 0.5) is 0 Å². The lowest BCUT2D eigenvalue weighted by molar-refractivity contribution is 0.481. The van der Waals surface area contributed by atoms with Gasteiger partial charge in [0.05, 0.1) is 32.6 Å². The Labute approximate surface area is 367 Å². The van der Waals surface area contributed by atoms with E-state index < -0.39 is 41.5 Å². The van der Waals surface area contributed by atoms with Crippen LogP contribution in [0.1, 0.15) is 22.8 Å². The predicted octanol–water partition coefficient (Wildman–Crippen LogP) is 7.81. The van der Waals surface area contributed by atoms with Crippen molar-refractivity contribution in [1.82, 2.24) is 19.9 Å². The van der Waals surface area contributed by atoms with Gasteiger partial charge in [-0.3, -0.25) is 9.11 Å². The van der Waals surface area contributed by atoms with Gasteiger partial charge in [-0.05, 0) is 95.1 Å². The number of fused-ring (bicyclic) bond motifs is 8. The van der Waals surface area contributed by atoms with Crippen LogP contribution in [0.2, 0.25) is 0 Å². The third-order valence-corrected chi connectivity index (χ3v) is 11.5. The molecule has 0 saturated carbocycles. The van der Waals surface area contributed by atoms with Crippen LogP contribution in [-0.2, 0) is 41.5 Å². The summed E-state index contributed by atoms with van der Waals surface area (Å²) >= 11 is 0. The van der Waals surface area contributed by atoms with Crippen molar-refractivity contribution in [2.24, 2.45) is 0 Å². The van der Waals surface area contributed by atoms with Crippen molar-refractivity contribution in [3.05, 3.63) is 156 Å². The summed E-state index contributed by atoms with van der Waals surface area (Å²) in [6, 6.07) is 39.7. The van der Waals surface area contributed by atoms with Gasteiger partial charge in [-0.15, -0.1) is 25.3 Å². The van der Waals surface area contributed by atoms with Crippen molar-refractivity contribution in [1.29, 1.82) is 0 Å². The topological polar surface area (TPSA) is 269 Å². The largest absolute Gasteiger partial charge is 0.425 e. The normalized spacial score (nSPS) is 11.8. The van der Waals surface area contributed by atoms with Crippen molar-refractivity contribution in [3.63, 3.8) is 0 Å². The summed E-state index contributed by atoms with van der Waals surface area (Å²) in [6.07, 6.45) is 7.73. The minimum Gasteiger partial charge on any atom is -0.354 e. The van der Waals surface area contributed by atoms with E-state index in [9.17, 15) is 25.9 Å². The number of nitrogens with one attached hydrogen (secondary N) is 2. The predicted molar refractivity (Wildman–Crippen MR) is 240 cm³/mol. The van der Waals surface area contributed by atoms with Crippen LogP contribution in [0.5, 0.6) is 0 Å². The number of rotatable bonds is 6. The van der Waals surface area contributed by atoms with E-state index in [0.717, 1.165) is 44.7 Å². The first-order chi connectivity index (χ1) is 30.5. The fraction of sp³-hybridized carbons (Fsp3) is 0. The zero-order valence-corrected chi connectivity index (χ0v) is 35.8. The molecule has 0 atom stereocenters. The van der Waals surface area contributed by atoms with Crippen LogP contribution >= 0.6 is 0 Å². The molecule has 16 nitrogen and oxygen atoms in total. The molecule has 8 bridgehead atoms. The smallest absolute Gasteiger partial charge is 0.354 e. The molecule has 5 heterocycles. The standard InChI is InChI=1S/C44H30N4O6S2.2O3S/c49-55(50,51)31-15-11-29(12-16-31)43-37-23-21-35(46-37)41(27-7-3-1-4-8-27)33-19-20-34(45-33)42(28-9-5-2-6-10-28)36-22-24-38(47-36)44(40-26-25-39(43)48-40)30-13-17-32(18-14-30)56(52,53)54;2*1-4(2)3/h1-26,46-47H,(H,49,50,51)(H,52,53,54);;. The van der Waals surface area contributed by atoms with Gasteiger partial charge in [0, 0.05) is 44.3 Å². The first kappa shape index (κ1) is 44.6. The summed E-state index contributed by atoms with van der Waals surface area (Å²) in [6.45, 7) is 0. The number of H-pyrrole nitrogens is 2. The average molecular weight is 935 g/mol. The third kappa shape index (κ3) is 10.1. The monoisotopic (exact) mass is 934 g/mol. The van der Waals surface area contributed by atoms with E-state index in [0.29, 0.717) is 44.7 Å². The average Bonchev–Trinajstić information content (AvgIpc) is 4.09. The Balaban J connectivity index is 0.000000709. The summed E-state index contributed by atoms with van der Waals surface area (Å²) in [5, 5.41) is 0. The highest BCUT2D eigenvalue weighted by atomic mass is 32.2. The molecule has 2 aliphatic heterocycles. The van der Waals surface area contributed by atoms with E-state index in [4.69, 9.17) is 35.2 Å². The maximum atomic E-state index is 12.0. The molecule has 3 aromatic heterocycles. The van der Waals surface area contributed by atoms with Crippen LogP contribution < -0.4 is 0 Å². The first-order valence-electron chi connectivity index (χ1n) is 18.4. The molecule has 322 valence electrons. The molecule has 0 unspecified atom stereocenters. The summed E-state index contributed by atoms with van der Waals surface area (Å²) in [5.74, 6) is 0. The zero-order chi connectivity index (χ0) is 45.8. The van der Waals surface area contributed by atoms with Gasteiger partial charge in [0.15, 0.2) is 0 Å². The molecule has 9 rings (SSSR count). The lowest BCUT2D eigenvalue weighted by atomic mass is 10.0. The highest BCUT2D eigenvalue weighted by Gasteiger charge is 2.20. The molecule has 64 heavy (non-hydrogen) atoms. The molecule has 4 aromatic carbocycles. The Morgan fingerprint density at radius 1 is 0.359 bits per heavy atom. The van der Waals surface area contributed by atoms with Crippen molar-refractivity contribution >= 4 is 87.8 Å². The summed E-state index contributed by atoms with van der Waals surface area (Å²) in [5.41, 5.74) is 11.8. The van der Waals surface area contributed by atoms with Crippen LogP contribution in [0, 0.1) is 0 Å². The second kappa shape index (κ2) is 18.5. The van der Waals surface area contributed by atoms with Gasteiger partial charge >= 0.3 is 21.2 Å². The number of nitrogens with zero attached hydrogens (tertiary/aromatic N) is 2. The highest BCUT2D eigenvalue weighted by molar-refractivity contribution is 7.86. The first-order valence-corrected chi connectivity index (χ1v) is 23.3. The lowest BCUT2D eigenvalue weighted by Crippen LogP contribution is -1.97. The molecular formula is C44H30N4O12S4. The van der Waals surface area contributed by atoms with Crippen LogP contribution in [-0.4, -0.2) is 71.1 Å². The fourth-order valence-electron chi connectivity index (χ4n) is 7.22. The number of hydrogen-bond acceptors (Lipinski definition) is 12. The SMILES string of the molecule is O=S(=O)(O)c1ccc(-c2c3nc(c(-c4ccc(S(=O)(=O)O)cc4)c4ccc([nH]4)c(-c4ccccc4)c4nc(c(-c5ccccc5)c5ccc2[nH]5)C=C4)C=C3)cc1.O=S(=O)=O.O=S(=O)=O. The minimum atomic E-state index is -4.44. The number of benzene rings is 4. The third-order valence-electron chi connectivity index (χ3n) is 9.76. The fourth-order valence-corrected chi connectivity index (χ4v) is 8.18. The van der Waals surface area contributed by atoms with Crippen LogP contribution in [0.15, 0.2) is 143 Å². The highest BCUT2D eigenvalue weighted by Crippen LogP contribution is 2.38. The van der Waals surface area contributed by atoms with Crippen molar-refractivity contribution < 1.29 is 51.2 Å². The number of aromatic nitrogens is 4. The maximum absolute atomic E-state index is 12.0. The van der Waals surface area contributed by atoms with Gasteiger partial charge in [-0.2, -0.15) is 16.8 Å². The van der Waals surface area contributed by atoms with Crippen LogP contribution in [0.3, 0.4) is 0 Å². The lowest BCUT2D eigenvalue weighted by Gasteiger charge is -2.07. The number of hydrogen-bond donors (Lipinski definition) is 4. The van der Waals surface area contributed by atoms with Crippen molar-refractivity contribution in [2.75, 3.05) is 0 Å². The Hall–Kier alpha value is -7.46. The van der Waals surface area contributed by atoms with E-state index in [2.05, 4.69) is 9.97 Å². The van der Waals surface area contributed by atoms with E-state index >= 15 is 0 Å². The summed E-state index contributed by atoms with van der Waals surface area (Å²) < 4.78 is 118.